The van der Waals surface area contributed by atoms with E-state index in [1.807, 2.05) is 6.92 Å². The monoisotopic (exact) mass is 306 g/mol. The molecule has 0 aromatic heterocycles. The van der Waals surface area contributed by atoms with Crippen molar-refractivity contribution in [1.29, 1.82) is 0 Å². The van der Waals surface area contributed by atoms with E-state index < -0.39 is 24.3 Å². The van der Waals surface area contributed by atoms with Crippen LogP contribution < -0.4 is 0 Å². The van der Waals surface area contributed by atoms with E-state index in [0.29, 0.717) is 12.8 Å². The van der Waals surface area contributed by atoms with Crippen molar-refractivity contribution in [1.82, 2.24) is 0 Å². The highest BCUT2D eigenvalue weighted by Crippen LogP contribution is 2.16. The molecule has 124 valence electrons. The normalized spacial score (nSPS) is 24.3. The summed E-state index contributed by atoms with van der Waals surface area (Å²) in [4.78, 5) is 20.7. The summed E-state index contributed by atoms with van der Waals surface area (Å²) >= 11 is 0. The van der Waals surface area contributed by atoms with Gasteiger partial charge in [0.05, 0.1) is 31.2 Å². The number of rotatable bonds is 6. The number of carboxylic acids is 1. The van der Waals surface area contributed by atoms with E-state index in [0.717, 1.165) is 6.42 Å². The van der Waals surface area contributed by atoms with Crippen LogP contribution in [-0.2, 0) is 14.3 Å². The molecule has 1 fully saturated rings. The smallest absolute Gasteiger partial charge is 0.308 e. The molecule has 7 nitrogen and oxygen atoms in total. The Labute approximate surface area is 124 Å². The number of hydrogen-bond donors (Lipinski definition) is 4. The maximum Gasteiger partial charge on any atom is 0.308 e. The Kier molecular flexibility index (Phi) is 9.94. The molecule has 0 aromatic rings. The molecule has 1 heterocycles. The molecule has 0 aliphatic carbocycles. The number of aliphatic hydroxyl groups is 3. The average molecular weight is 306 g/mol. The summed E-state index contributed by atoms with van der Waals surface area (Å²) in [6, 6.07) is 0. The molecular weight excluding hydrogens is 280 g/mol. The van der Waals surface area contributed by atoms with Crippen LogP contribution >= 0.6 is 0 Å². The molecular formula is C14H26O7. The number of carboxylic acid groups (broad SMARTS) is 1. The zero-order valence-corrected chi connectivity index (χ0v) is 12.6. The first-order chi connectivity index (χ1) is 9.78. The lowest BCUT2D eigenvalue weighted by atomic mass is 10.0. The molecule has 4 unspecified atom stereocenters. The molecule has 21 heavy (non-hydrogen) atoms. The summed E-state index contributed by atoms with van der Waals surface area (Å²) in [5.41, 5.74) is 0. The second kappa shape index (κ2) is 10.5. The van der Waals surface area contributed by atoms with Crippen molar-refractivity contribution in [3.8, 4) is 0 Å². The van der Waals surface area contributed by atoms with E-state index in [1.54, 1.807) is 6.92 Å². The third kappa shape index (κ3) is 10.2. The Morgan fingerprint density at radius 3 is 2.38 bits per heavy atom. The standard InChI is InChI=1S/C7H14O4.C7H12O3/c1-2-5(8)3-6(9)4-7(10)11;1-2-6-3-5(8)4-7(9)10-6/h5-6,8-9H,2-4H2,1H3,(H,10,11);5-6,8H,2-4H2,1H3. The molecule has 1 aliphatic heterocycles. The summed E-state index contributed by atoms with van der Waals surface area (Å²) in [7, 11) is 0. The maximum atomic E-state index is 10.7. The van der Waals surface area contributed by atoms with Gasteiger partial charge < -0.3 is 25.2 Å². The van der Waals surface area contributed by atoms with Gasteiger partial charge in [-0.25, -0.2) is 0 Å². The van der Waals surface area contributed by atoms with Gasteiger partial charge in [-0.3, -0.25) is 9.59 Å². The molecule has 0 amide bonds. The van der Waals surface area contributed by atoms with Gasteiger partial charge in [0.15, 0.2) is 0 Å². The van der Waals surface area contributed by atoms with E-state index in [9.17, 15) is 9.59 Å². The minimum Gasteiger partial charge on any atom is -0.481 e. The minimum atomic E-state index is -1.04. The van der Waals surface area contributed by atoms with Crippen LogP contribution in [0.15, 0.2) is 0 Å². The Hall–Kier alpha value is -1.18. The zero-order valence-electron chi connectivity index (χ0n) is 12.6. The lowest BCUT2D eigenvalue weighted by molar-refractivity contribution is -0.160. The highest BCUT2D eigenvalue weighted by atomic mass is 16.5. The number of carbonyl (C=O) groups is 2. The predicted molar refractivity (Wildman–Crippen MR) is 74.6 cm³/mol. The third-order valence-electron chi connectivity index (χ3n) is 3.12. The second-order valence-electron chi connectivity index (χ2n) is 5.16. The summed E-state index contributed by atoms with van der Waals surface area (Å²) < 4.78 is 4.91. The fourth-order valence-electron chi connectivity index (χ4n) is 1.88. The first kappa shape index (κ1) is 19.8. The van der Waals surface area contributed by atoms with Crippen LogP contribution in [0.4, 0.5) is 0 Å². The molecule has 1 saturated heterocycles. The average Bonchev–Trinajstić information content (AvgIpc) is 2.37. The Bertz CT molecular complexity index is 318. The lowest BCUT2D eigenvalue weighted by Gasteiger charge is -2.24. The highest BCUT2D eigenvalue weighted by molar-refractivity contribution is 5.70. The van der Waals surface area contributed by atoms with Crippen LogP contribution in [0, 0.1) is 0 Å². The van der Waals surface area contributed by atoms with Gasteiger partial charge in [-0.05, 0) is 19.3 Å². The van der Waals surface area contributed by atoms with Crippen LogP contribution in [0.1, 0.15) is 52.4 Å². The van der Waals surface area contributed by atoms with Crippen LogP contribution in [0.25, 0.3) is 0 Å². The fourth-order valence-corrected chi connectivity index (χ4v) is 1.88. The fraction of sp³-hybridized carbons (Fsp3) is 0.857. The van der Waals surface area contributed by atoms with Crippen molar-refractivity contribution in [2.24, 2.45) is 0 Å². The van der Waals surface area contributed by atoms with Gasteiger partial charge in [-0.2, -0.15) is 0 Å². The van der Waals surface area contributed by atoms with E-state index in [1.165, 1.54) is 0 Å². The van der Waals surface area contributed by atoms with Crippen LogP contribution in [-0.4, -0.2) is 56.8 Å². The van der Waals surface area contributed by atoms with Crippen molar-refractivity contribution in [2.75, 3.05) is 0 Å². The lowest BCUT2D eigenvalue weighted by Crippen LogP contribution is -2.31. The van der Waals surface area contributed by atoms with Crippen molar-refractivity contribution in [3.63, 3.8) is 0 Å². The first-order valence-corrected chi connectivity index (χ1v) is 7.23. The summed E-state index contributed by atoms with van der Waals surface area (Å²) in [6.07, 6.45) is -0.118. The number of carbonyl (C=O) groups excluding carboxylic acids is 1. The van der Waals surface area contributed by atoms with Crippen molar-refractivity contribution >= 4 is 11.9 Å². The number of ether oxygens (including phenoxy) is 1. The van der Waals surface area contributed by atoms with Gasteiger partial charge in [-0.15, -0.1) is 0 Å². The molecule has 1 aliphatic rings. The number of hydrogen-bond acceptors (Lipinski definition) is 6. The van der Waals surface area contributed by atoms with Crippen LogP contribution in [0.2, 0.25) is 0 Å². The Morgan fingerprint density at radius 2 is 1.95 bits per heavy atom. The minimum absolute atomic E-state index is 0.0590. The quantitative estimate of drug-likeness (QED) is 0.525. The number of aliphatic hydroxyl groups excluding tert-OH is 3. The van der Waals surface area contributed by atoms with E-state index in [4.69, 9.17) is 25.2 Å². The third-order valence-corrected chi connectivity index (χ3v) is 3.12. The second-order valence-corrected chi connectivity index (χ2v) is 5.16. The topological polar surface area (TPSA) is 124 Å². The number of esters is 1. The summed E-state index contributed by atoms with van der Waals surface area (Å²) in [5.74, 6) is -1.31. The predicted octanol–water partition coefficient (Wildman–Crippen LogP) is 0.446. The van der Waals surface area contributed by atoms with E-state index in [-0.39, 0.29) is 31.3 Å². The molecule has 0 saturated carbocycles. The molecule has 7 heteroatoms. The van der Waals surface area contributed by atoms with Crippen LogP contribution in [0.5, 0.6) is 0 Å². The zero-order chi connectivity index (χ0) is 16.4. The molecule has 0 radical (unpaired) electrons. The SMILES string of the molecule is CCC(O)CC(O)CC(=O)O.CCC1CC(O)CC(=O)O1. The largest absolute Gasteiger partial charge is 0.481 e. The van der Waals surface area contributed by atoms with Gasteiger partial charge in [0, 0.05) is 6.42 Å². The Balaban J connectivity index is 0.000000382. The van der Waals surface area contributed by atoms with Gasteiger partial charge in [-0.1, -0.05) is 13.8 Å². The number of aliphatic carboxylic acids is 1. The van der Waals surface area contributed by atoms with Crippen LogP contribution in [0.3, 0.4) is 0 Å². The van der Waals surface area contributed by atoms with Crippen molar-refractivity contribution < 1.29 is 34.8 Å². The first-order valence-electron chi connectivity index (χ1n) is 7.23. The van der Waals surface area contributed by atoms with Crippen molar-refractivity contribution in [3.05, 3.63) is 0 Å². The molecule has 0 bridgehead atoms. The number of cyclic esters (lactones) is 1. The van der Waals surface area contributed by atoms with E-state index >= 15 is 0 Å². The molecule has 1 rings (SSSR count). The van der Waals surface area contributed by atoms with Gasteiger partial charge in [0.25, 0.3) is 0 Å². The molecule has 0 spiro atoms. The molecule has 0 aromatic carbocycles. The van der Waals surface area contributed by atoms with Gasteiger partial charge in [0.1, 0.15) is 6.10 Å². The Morgan fingerprint density at radius 1 is 1.33 bits per heavy atom. The van der Waals surface area contributed by atoms with Gasteiger partial charge in [0.2, 0.25) is 0 Å². The highest BCUT2D eigenvalue weighted by Gasteiger charge is 2.25. The maximum absolute atomic E-state index is 10.7. The summed E-state index contributed by atoms with van der Waals surface area (Å²) in [5, 5.41) is 35.3. The molecule has 4 atom stereocenters. The van der Waals surface area contributed by atoms with E-state index in [2.05, 4.69) is 0 Å². The van der Waals surface area contributed by atoms with Crippen molar-refractivity contribution in [2.45, 2.75) is 76.8 Å². The summed E-state index contributed by atoms with van der Waals surface area (Å²) in [6.45, 7) is 3.72. The van der Waals surface area contributed by atoms with Gasteiger partial charge >= 0.3 is 11.9 Å². The molecule has 4 N–H and O–H groups in total.